The van der Waals surface area contributed by atoms with Crippen molar-refractivity contribution in [3.63, 3.8) is 0 Å². The molecule has 0 spiro atoms. The molecule has 0 fully saturated rings. The highest BCUT2D eigenvalue weighted by Crippen LogP contribution is 2.30. The molecule has 1 N–H and O–H groups in total. The van der Waals surface area contributed by atoms with Gasteiger partial charge in [0.05, 0.1) is 18.3 Å². The Bertz CT molecular complexity index is 1000. The first-order valence-electron chi connectivity index (χ1n) is 8.10. The first-order chi connectivity index (χ1) is 11.8. The van der Waals surface area contributed by atoms with Crippen LogP contribution in [0.1, 0.15) is 25.2 Å². The largest absolute Gasteiger partial charge is 0.377 e. The Balaban J connectivity index is 1.89. The molecule has 0 bridgehead atoms. The summed E-state index contributed by atoms with van der Waals surface area (Å²) in [5.74, 6) is 1.13. The lowest BCUT2D eigenvalue weighted by Gasteiger charge is -2.04. The number of hydrogen-bond donors (Lipinski definition) is 1. The maximum Gasteiger partial charge on any atom is 0.276 e. The van der Waals surface area contributed by atoms with E-state index in [1.165, 1.54) is 0 Å². The molecule has 0 amide bonds. The van der Waals surface area contributed by atoms with Crippen molar-refractivity contribution in [1.29, 1.82) is 0 Å². The van der Waals surface area contributed by atoms with Crippen molar-refractivity contribution >= 4 is 21.8 Å². The van der Waals surface area contributed by atoms with E-state index in [9.17, 15) is 0 Å². The van der Waals surface area contributed by atoms with E-state index >= 15 is 0 Å². The number of ether oxygens (including phenoxy) is 1. The lowest BCUT2D eigenvalue weighted by molar-refractivity contribution is 0.135. The minimum atomic E-state index is 0.449. The molecule has 4 aromatic rings. The molecule has 0 aliphatic heterocycles. The second-order valence-corrected chi connectivity index (χ2v) is 5.59. The highest BCUT2D eigenvalue weighted by Gasteiger charge is 2.14. The van der Waals surface area contributed by atoms with Crippen molar-refractivity contribution in [3.8, 4) is 11.6 Å². The van der Waals surface area contributed by atoms with E-state index in [4.69, 9.17) is 9.26 Å². The minimum absolute atomic E-state index is 0.449. The second kappa shape index (κ2) is 6.05. The lowest BCUT2D eigenvalue weighted by atomic mass is 10.1. The molecule has 6 nitrogen and oxygen atoms in total. The average Bonchev–Trinajstić information content (AvgIpc) is 3.23. The van der Waals surface area contributed by atoms with Crippen molar-refractivity contribution in [2.24, 2.45) is 0 Å². The van der Waals surface area contributed by atoms with E-state index in [0.717, 1.165) is 33.8 Å². The fourth-order valence-electron chi connectivity index (χ4n) is 2.88. The van der Waals surface area contributed by atoms with Gasteiger partial charge in [0.2, 0.25) is 0 Å². The third-order valence-corrected chi connectivity index (χ3v) is 4.06. The first kappa shape index (κ1) is 14.8. The van der Waals surface area contributed by atoms with Crippen molar-refractivity contribution in [2.75, 3.05) is 6.61 Å². The molecule has 0 radical (unpaired) electrons. The Morgan fingerprint density at radius 3 is 2.92 bits per heavy atom. The number of aromatic amines is 1. The van der Waals surface area contributed by atoms with Gasteiger partial charge in [-0.2, -0.15) is 4.98 Å². The van der Waals surface area contributed by atoms with Gasteiger partial charge in [0.15, 0.2) is 5.82 Å². The van der Waals surface area contributed by atoms with E-state index in [0.29, 0.717) is 30.6 Å². The molecule has 0 unspecified atom stereocenters. The average molecular weight is 322 g/mol. The molecule has 24 heavy (non-hydrogen) atoms. The van der Waals surface area contributed by atoms with Gasteiger partial charge in [0.1, 0.15) is 5.69 Å². The maximum atomic E-state index is 5.61. The zero-order valence-electron chi connectivity index (χ0n) is 13.7. The van der Waals surface area contributed by atoms with Gasteiger partial charge >= 0.3 is 0 Å². The van der Waals surface area contributed by atoms with Gasteiger partial charge < -0.3 is 14.2 Å². The van der Waals surface area contributed by atoms with Crippen LogP contribution in [0, 0.1) is 0 Å². The summed E-state index contributed by atoms with van der Waals surface area (Å²) in [5, 5.41) is 6.18. The third kappa shape index (κ3) is 2.45. The monoisotopic (exact) mass is 322 g/mol. The van der Waals surface area contributed by atoms with Crippen LogP contribution in [0.4, 0.5) is 0 Å². The molecular weight excluding hydrogens is 304 g/mol. The third-order valence-electron chi connectivity index (χ3n) is 4.06. The molecule has 0 atom stereocenters. The molecule has 0 aliphatic rings. The van der Waals surface area contributed by atoms with Crippen LogP contribution in [0.25, 0.3) is 33.4 Å². The molecule has 4 rings (SSSR count). The van der Waals surface area contributed by atoms with E-state index in [2.05, 4.69) is 32.2 Å². The summed E-state index contributed by atoms with van der Waals surface area (Å²) in [7, 11) is 0. The summed E-state index contributed by atoms with van der Waals surface area (Å²) < 4.78 is 10.9. The summed E-state index contributed by atoms with van der Waals surface area (Å²) in [6.45, 7) is 5.26. The highest BCUT2D eigenvalue weighted by atomic mass is 16.5. The molecule has 122 valence electrons. The zero-order valence-corrected chi connectivity index (χ0v) is 13.7. The fourth-order valence-corrected chi connectivity index (χ4v) is 2.88. The van der Waals surface area contributed by atoms with Crippen molar-refractivity contribution in [2.45, 2.75) is 26.9 Å². The number of nitrogens with one attached hydrogen (secondary N) is 1. The SMILES string of the molecule is CCOCc1cccc2[nH]c3cnc(-c4nc(CC)no4)cc3c12. The van der Waals surface area contributed by atoms with Crippen LogP contribution in [-0.2, 0) is 17.8 Å². The van der Waals surface area contributed by atoms with Crippen molar-refractivity contribution < 1.29 is 9.26 Å². The Labute approximate surface area is 138 Å². The van der Waals surface area contributed by atoms with Crippen molar-refractivity contribution in [1.82, 2.24) is 20.1 Å². The topological polar surface area (TPSA) is 76.8 Å². The van der Waals surface area contributed by atoms with E-state index < -0.39 is 0 Å². The van der Waals surface area contributed by atoms with E-state index in [1.807, 2.05) is 32.2 Å². The Hall–Kier alpha value is -2.73. The molecule has 1 aromatic carbocycles. The quantitative estimate of drug-likeness (QED) is 0.603. The van der Waals surface area contributed by atoms with Gasteiger partial charge in [0.25, 0.3) is 5.89 Å². The molecule has 3 heterocycles. The van der Waals surface area contributed by atoms with E-state index in [-0.39, 0.29) is 0 Å². The molecule has 3 aromatic heterocycles. The number of rotatable bonds is 5. The first-order valence-corrected chi connectivity index (χ1v) is 8.10. The number of benzene rings is 1. The molecule has 0 saturated carbocycles. The van der Waals surface area contributed by atoms with Gasteiger partial charge in [0, 0.05) is 29.3 Å². The molecule has 0 saturated heterocycles. The maximum absolute atomic E-state index is 5.61. The van der Waals surface area contributed by atoms with Crippen LogP contribution >= 0.6 is 0 Å². The summed E-state index contributed by atoms with van der Waals surface area (Å²) in [6.07, 6.45) is 2.54. The van der Waals surface area contributed by atoms with Crippen LogP contribution in [0.15, 0.2) is 35.0 Å². The second-order valence-electron chi connectivity index (χ2n) is 5.59. The Morgan fingerprint density at radius 1 is 1.21 bits per heavy atom. The molecule has 6 heteroatoms. The van der Waals surface area contributed by atoms with Crippen LogP contribution in [0.3, 0.4) is 0 Å². The van der Waals surface area contributed by atoms with Crippen LogP contribution < -0.4 is 0 Å². The smallest absolute Gasteiger partial charge is 0.276 e. The molecular formula is C18H18N4O2. The van der Waals surface area contributed by atoms with Gasteiger partial charge in [-0.05, 0) is 24.6 Å². The summed E-state index contributed by atoms with van der Waals surface area (Å²) >= 11 is 0. The Morgan fingerprint density at radius 2 is 2.12 bits per heavy atom. The molecule has 0 aliphatic carbocycles. The predicted molar refractivity (Wildman–Crippen MR) is 91.6 cm³/mol. The summed E-state index contributed by atoms with van der Waals surface area (Å²) in [6, 6.07) is 8.18. The minimum Gasteiger partial charge on any atom is -0.377 e. The van der Waals surface area contributed by atoms with E-state index in [1.54, 1.807) is 0 Å². The number of hydrogen-bond acceptors (Lipinski definition) is 5. The zero-order chi connectivity index (χ0) is 16.5. The highest BCUT2D eigenvalue weighted by molar-refractivity contribution is 6.09. The number of aryl methyl sites for hydroxylation is 1. The normalized spacial score (nSPS) is 11.6. The number of aromatic nitrogens is 4. The number of H-pyrrole nitrogens is 1. The number of pyridine rings is 1. The lowest BCUT2D eigenvalue weighted by Crippen LogP contribution is -1.92. The predicted octanol–water partition coefficient (Wildman–Crippen LogP) is 3.87. The van der Waals surface area contributed by atoms with Gasteiger partial charge in [-0.15, -0.1) is 0 Å². The Kier molecular flexibility index (Phi) is 3.74. The van der Waals surface area contributed by atoms with Crippen LogP contribution in [-0.4, -0.2) is 26.7 Å². The standard InChI is InChI=1S/C18H18N4O2/c1-3-16-21-18(24-22-16)14-8-12-15(9-19-14)20-13-7-5-6-11(17(12)13)10-23-4-2/h5-9,20H,3-4,10H2,1-2H3. The van der Waals surface area contributed by atoms with Gasteiger partial charge in [-0.1, -0.05) is 24.2 Å². The summed E-state index contributed by atoms with van der Waals surface area (Å²) in [5.41, 5.74) is 3.88. The van der Waals surface area contributed by atoms with Gasteiger partial charge in [-0.25, -0.2) is 4.98 Å². The van der Waals surface area contributed by atoms with Crippen LogP contribution in [0.2, 0.25) is 0 Å². The number of nitrogens with zero attached hydrogens (tertiary/aromatic N) is 3. The number of fused-ring (bicyclic) bond motifs is 3. The van der Waals surface area contributed by atoms with Crippen molar-refractivity contribution in [3.05, 3.63) is 41.9 Å². The van der Waals surface area contributed by atoms with Crippen LogP contribution in [0.5, 0.6) is 0 Å². The van der Waals surface area contributed by atoms with Gasteiger partial charge in [-0.3, -0.25) is 0 Å². The fraction of sp³-hybridized carbons (Fsp3) is 0.278. The summed E-state index contributed by atoms with van der Waals surface area (Å²) in [4.78, 5) is 12.2.